The van der Waals surface area contributed by atoms with Crippen molar-refractivity contribution in [3.8, 4) is 0 Å². The van der Waals surface area contributed by atoms with Crippen molar-refractivity contribution in [3.63, 3.8) is 0 Å². The van der Waals surface area contributed by atoms with Crippen LogP contribution in [-0.4, -0.2) is 0 Å². The van der Waals surface area contributed by atoms with Gasteiger partial charge in [-0.1, -0.05) is 38.5 Å². The Balaban J connectivity index is 3.23. The minimum atomic E-state index is 0.107. The van der Waals surface area contributed by atoms with Crippen molar-refractivity contribution < 1.29 is 0 Å². The average molecular weight is 203 g/mol. The number of hydrogen-bond donors (Lipinski definition) is 1. The minimum absolute atomic E-state index is 0.107. The molecule has 15 heavy (non-hydrogen) atoms. The summed E-state index contributed by atoms with van der Waals surface area (Å²) in [4.78, 5) is 0. The van der Waals surface area contributed by atoms with Crippen molar-refractivity contribution in [1.82, 2.24) is 0 Å². The maximum absolute atomic E-state index is 5.99. The smallest absolute Gasteiger partial charge is 0.0352 e. The fourth-order valence-corrected chi connectivity index (χ4v) is 1.65. The molecule has 0 saturated heterocycles. The number of nitrogens with two attached hydrogens (primary N) is 1. The van der Waals surface area contributed by atoms with E-state index in [0.717, 1.165) is 5.69 Å². The molecular formula is C14H21N. The standard InChI is InChI=1S/C14H21N/c1-10(2)8-11-6-7-13(15)12(9-11)14(3,4)5/h6-9H,15H2,1-5H3. The van der Waals surface area contributed by atoms with Crippen LogP contribution in [0.15, 0.2) is 23.8 Å². The van der Waals surface area contributed by atoms with Crippen molar-refractivity contribution in [2.75, 3.05) is 5.73 Å². The number of nitrogen functional groups attached to an aromatic ring is 1. The summed E-state index contributed by atoms with van der Waals surface area (Å²) in [5.41, 5.74) is 10.7. The third-order valence-electron chi connectivity index (χ3n) is 2.34. The fourth-order valence-electron chi connectivity index (χ4n) is 1.65. The van der Waals surface area contributed by atoms with E-state index < -0.39 is 0 Å². The van der Waals surface area contributed by atoms with Crippen molar-refractivity contribution >= 4 is 11.8 Å². The van der Waals surface area contributed by atoms with Gasteiger partial charge in [0.05, 0.1) is 0 Å². The molecule has 1 rings (SSSR count). The van der Waals surface area contributed by atoms with Gasteiger partial charge < -0.3 is 5.73 Å². The molecule has 0 aliphatic heterocycles. The van der Waals surface area contributed by atoms with Crippen LogP contribution >= 0.6 is 0 Å². The molecule has 0 saturated carbocycles. The molecule has 0 bridgehead atoms. The van der Waals surface area contributed by atoms with Crippen molar-refractivity contribution in [2.24, 2.45) is 0 Å². The molecule has 0 heterocycles. The maximum atomic E-state index is 5.99. The van der Waals surface area contributed by atoms with Crippen LogP contribution in [0.25, 0.3) is 6.08 Å². The monoisotopic (exact) mass is 203 g/mol. The molecule has 0 aliphatic rings. The summed E-state index contributed by atoms with van der Waals surface area (Å²) >= 11 is 0. The van der Waals surface area contributed by atoms with Gasteiger partial charge in [-0.2, -0.15) is 0 Å². The summed E-state index contributed by atoms with van der Waals surface area (Å²) in [7, 11) is 0. The van der Waals surface area contributed by atoms with Gasteiger partial charge in [-0.25, -0.2) is 0 Å². The van der Waals surface area contributed by atoms with Gasteiger partial charge in [-0.3, -0.25) is 0 Å². The summed E-state index contributed by atoms with van der Waals surface area (Å²) in [6.07, 6.45) is 2.18. The Morgan fingerprint density at radius 2 is 1.80 bits per heavy atom. The lowest BCUT2D eigenvalue weighted by molar-refractivity contribution is 0.592. The summed E-state index contributed by atoms with van der Waals surface area (Å²) in [5, 5.41) is 0. The second kappa shape index (κ2) is 4.09. The Morgan fingerprint density at radius 1 is 1.20 bits per heavy atom. The third kappa shape index (κ3) is 3.12. The number of allylic oxidation sites excluding steroid dienone is 1. The highest BCUT2D eigenvalue weighted by atomic mass is 14.6. The quantitative estimate of drug-likeness (QED) is 0.686. The first-order valence-electron chi connectivity index (χ1n) is 5.35. The Bertz CT molecular complexity index is 377. The number of rotatable bonds is 1. The van der Waals surface area contributed by atoms with Crippen LogP contribution in [0.4, 0.5) is 5.69 Å². The van der Waals surface area contributed by atoms with Crippen molar-refractivity contribution in [3.05, 3.63) is 34.9 Å². The van der Waals surface area contributed by atoms with E-state index >= 15 is 0 Å². The first-order chi connectivity index (χ1) is 6.80. The second-order valence-corrected chi connectivity index (χ2v) is 5.32. The first-order valence-corrected chi connectivity index (χ1v) is 5.35. The van der Waals surface area contributed by atoms with Crippen LogP contribution in [-0.2, 0) is 5.41 Å². The zero-order chi connectivity index (χ0) is 11.6. The molecule has 0 fully saturated rings. The van der Waals surface area contributed by atoms with Crippen molar-refractivity contribution in [2.45, 2.75) is 40.0 Å². The zero-order valence-electron chi connectivity index (χ0n) is 10.4. The van der Waals surface area contributed by atoms with E-state index in [1.807, 2.05) is 6.07 Å². The van der Waals surface area contributed by atoms with E-state index in [4.69, 9.17) is 5.73 Å². The van der Waals surface area contributed by atoms with E-state index in [1.165, 1.54) is 16.7 Å². The molecule has 2 N–H and O–H groups in total. The summed E-state index contributed by atoms with van der Waals surface area (Å²) in [5.74, 6) is 0. The molecule has 0 aromatic heterocycles. The Hall–Kier alpha value is -1.24. The highest BCUT2D eigenvalue weighted by molar-refractivity contribution is 5.60. The molecule has 1 heteroatoms. The fraction of sp³-hybridized carbons (Fsp3) is 0.429. The number of anilines is 1. The zero-order valence-corrected chi connectivity index (χ0v) is 10.4. The molecule has 1 aromatic rings. The Labute approximate surface area is 93.0 Å². The van der Waals surface area contributed by atoms with E-state index in [1.54, 1.807) is 0 Å². The summed E-state index contributed by atoms with van der Waals surface area (Å²) < 4.78 is 0. The van der Waals surface area contributed by atoms with Gasteiger partial charge in [0.1, 0.15) is 0 Å². The highest BCUT2D eigenvalue weighted by Crippen LogP contribution is 2.29. The average Bonchev–Trinajstić information content (AvgIpc) is 2.05. The van der Waals surface area contributed by atoms with Crippen molar-refractivity contribution in [1.29, 1.82) is 0 Å². The molecular weight excluding hydrogens is 182 g/mol. The van der Waals surface area contributed by atoms with E-state index in [9.17, 15) is 0 Å². The Morgan fingerprint density at radius 3 is 2.27 bits per heavy atom. The summed E-state index contributed by atoms with van der Waals surface area (Å²) in [6, 6.07) is 6.25. The van der Waals surface area contributed by atoms with Gasteiger partial charge in [-0.15, -0.1) is 0 Å². The lowest BCUT2D eigenvalue weighted by Gasteiger charge is -2.21. The number of benzene rings is 1. The molecule has 0 spiro atoms. The van der Waals surface area contributed by atoms with Crippen LogP contribution in [0, 0.1) is 0 Å². The normalized spacial score (nSPS) is 11.3. The Kier molecular flexibility index (Phi) is 3.23. The van der Waals surface area contributed by atoms with E-state index in [-0.39, 0.29) is 5.41 Å². The van der Waals surface area contributed by atoms with Crippen LogP contribution in [0.2, 0.25) is 0 Å². The molecule has 0 radical (unpaired) electrons. The number of hydrogen-bond acceptors (Lipinski definition) is 1. The maximum Gasteiger partial charge on any atom is 0.0352 e. The molecule has 1 nitrogen and oxygen atoms in total. The third-order valence-corrected chi connectivity index (χ3v) is 2.34. The minimum Gasteiger partial charge on any atom is -0.398 e. The van der Waals surface area contributed by atoms with Gasteiger partial charge in [0, 0.05) is 5.69 Å². The van der Waals surface area contributed by atoms with Gasteiger partial charge in [0.25, 0.3) is 0 Å². The van der Waals surface area contributed by atoms with E-state index in [0.29, 0.717) is 0 Å². The largest absolute Gasteiger partial charge is 0.398 e. The van der Waals surface area contributed by atoms with Gasteiger partial charge >= 0.3 is 0 Å². The first kappa shape index (κ1) is 11.8. The van der Waals surface area contributed by atoms with Gasteiger partial charge in [0.2, 0.25) is 0 Å². The van der Waals surface area contributed by atoms with Crippen LogP contribution in [0.1, 0.15) is 45.7 Å². The lowest BCUT2D eigenvalue weighted by Crippen LogP contribution is -2.14. The molecule has 1 aromatic carbocycles. The molecule has 0 aliphatic carbocycles. The molecule has 0 unspecified atom stereocenters. The predicted octanol–water partition coefficient (Wildman–Crippen LogP) is 3.99. The highest BCUT2D eigenvalue weighted by Gasteiger charge is 2.16. The molecule has 0 amide bonds. The molecule has 82 valence electrons. The van der Waals surface area contributed by atoms with E-state index in [2.05, 4.69) is 52.8 Å². The van der Waals surface area contributed by atoms with Gasteiger partial charge in [0.15, 0.2) is 0 Å². The molecule has 0 atom stereocenters. The summed E-state index contributed by atoms with van der Waals surface area (Å²) in [6.45, 7) is 10.8. The predicted molar refractivity (Wildman–Crippen MR) is 68.9 cm³/mol. The SMILES string of the molecule is CC(C)=Cc1ccc(N)c(C(C)(C)C)c1. The van der Waals surface area contributed by atoms with Crippen LogP contribution in [0.5, 0.6) is 0 Å². The van der Waals surface area contributed by atoms with Gasteiger partial charge in [-0.05, 0) is 42.5 Å². The van der Waals surface area contributed by atoms with Crippen LogP contribution < -0.4 is 5.73 Å². The second-order valence-electron chi connectivity index (χ2n) is 5.32. The van der Waals surface area contributed by atoms with Crippen LogP contribution in [0.3, 0.4) is 0 Å². The lowest BCUT2D eigenvalue weighted by atomic mass is 9.85. The topological polar surface area (TPSA) is 26.0 Å².